The normalized spacial score (nSPS) is 15.7. The molecule has 0 aromatic heterocycles. The van der Waals surface area contributed by atoms with Crippen molar-refractivity contribution in [1.82, 2.24) is 5.32 Å². The van der Waals surface area contributed by atoms with E-state index in [1.54, 1.807) is 49.4 Å². The maximum Gasteiger partial charge on any atom is 0.335 e. The van der Waals surface area contributed by atoms with E-state index in [-0.39, 0.29) is 5.57 Å². The monoisotopic (exact) mass is 366 g/mol. The summed E-state index contributed by atoms with van der Waals surface area (Å²) in [6, 6.07) is 11.2. The van der Waals surface area contributed by atoms with Gasteiger partial charge >= 0.3 is 6.03 Å². The maximum atomic E-state index is 13.0. The first-order chi connectivity index (χ1) is 13.0. The van der Waals surface area contributed by atoms with Gasteiger partial charge in [0.2, 0.25) is 0 Å². The van der Waals surface area contributed by atoms with Crippen LogP contribution in [0.2, 0.25) is 0 Å². The van der Waals surface area contributed by atoms with Crippen LogP contribution in [0.15, 0.2) is 48.0 Å². The zero-order valence-electron chi connectivity index (χ0n) is 15.1. The maximum absolute atomic E-state index is 13.0. The van der Waals surface area contributed by atoms with Crippen LogP contribution in [0.5, 0.6) is 11.5 Å². The average Bonchev–Trinajstić information content (AvgIpc) is 2.66. The topological polar surface area (TPSA) is 84.9 Å². The number of ether oxygens (including phenoxy) is 2. The lowest BCUT2D eigenvalue weighted by Gasteiger charge is -2.27. The standard InChI is InChI=1S/C20H18N2O5/c1-12-6-4-5-7-16(12)22-19(24)15(18(23)21-20(22)25)11-13-10-14(26-2)8-9-17(13)27-3/h4-11H,1-3H3,(H,21,23,25)/b15-11-. The highest BCUT2D eigenvalue weighted by Crippen LogP contribution is 2.29. The van der Waals surface area contributed by atoms with Crippen molar-refractivity contribution in [3.63, 3.8) is 0 Å². The smallest absolute Gasteiger partial charge is 0.335 e. The van der Waals surface area contributed by atoms with Crippen molar-refractivity contribution in [3.05, 3.63) is 59.2 Å². The highest BCUT2D eigenvalue weighted by molar-refractivity contribution is 6.39. The van der Waals surface area contributed by atoms with Crippen molar-refractivity contribution in [2.45, 2.75) is 6.92 Å². The molecule has 2 aromatic rings. The number of nitrogens with zero attached hydrogens (tertiary/aromatic N) is 1. The van der Waals surface area contributed by atoms with Crippen LogP contribution in [-0.4, -0.2) is 32.1 Å². The van der Waals surface area contributed by atoms with E-state index in [0.717, 1.165) is 10.5 Å². The molecule has 7 nitrogen and oxygen atoms in total. The van der Waals surface area contributed by atoms with Crippen molar-refractivity contribution in [3.8, 4) is 11.5 Å². The summed E-state index contributed by atoms with van der Waals surface area (Å²) in [5.41, 5.74) is 1.45. The molecule has 138 valence electrons. The molecule has 0 aliphatic carbocycles. The van der Waals surface area contributed by atoms with Crippen LogP contribution >= 0.6 is 0 Å². The number of benzene rings is 2. The summed E-state index contributed by atoms with van der Waals surface area (Å²) in [4.78, 5) is 38.5. The van der Waals surface area contributed by atoms with Gasteiger partial charge in [-0.1, -0.05) is 18.2 Å². The van der Waals surface area contributed by atoms with Crippen LogP contribution in [0.4, 0.5) is 10.5 Å². The molecule has 1 fully saturated rings. The first-order valence-corrected chi connectivity index (χ1v) is 8.15. The van der Waals surface area contributed by atoms with Crippen LogP contribution in [0.3, 0.4) is 0 Å². The molecule has 0 radical (unpaired) electrons. The largest absolute Gasteiger partial charge is 0.497 e. The predicted molar refractivity (Wildman–Crippen MR) is 99.7 cm³/mol. The van der Waals surface area contributed by atoms with E-state index in [9.17, 15) is 14.4 Å². The number of barbiturate groups is 1. The van der Waals surface area contributed by atoms with E-state index in [2.05, 4.69) is 5.32 Å². The molecular formula is C20H18N2O5. The molecule has 0 bridgehead atoms. The average molecular weight is 366 g/mol. The predicted octanol–water partition coefficient (Wildman–Crippen LogP) is 2.68. The molecule has 2 aromatic carbocycles. The number of carbonyl (C=O) groups is 3. The Morgan fingerprint density at radius 1 is 1.00 bits per heavy atom. The van der Waals surface area contributed by atoms with E-state index < -0.39 is 17.8 Å². The third-order valence-corrected chi connectivity index (χ3v) is 4.19. The third kappa shape index (κ3) is 3.39. The molecule has 1 saturated heterocycles. The van der Waals surface area contributed by atoms with Crippen molar-refractivity contribution < 1.29 is 23.9 Å². The molecule has 1 N–H and O–H groups in total. The molecule has 0 saturated carbocycles. The number of anilines is 1. The molecule has 4 amide bonds. The van der Waals surface area contributed by atoms with E-state index in [4.69, 9.17) is 9.47 Å². The lowest BCUT2D eigenvalue weighted by atomic mass is 10.0. The molecule has 1 aliphatic heterocycles. The minimum absolute atomic E-state index is 0.176. The minimum atomic E-state index is -0.783. The molecule has 0 atom stereocenters. The van der Waals surface area contributed by atoms with Crippen LogP contribution in [0.1, 0.15) is 11.1 Å². The molecule has 1 aliphatic rings. The van der Waals surface area contributed by atoms with Gasteiger partial charge in [0.05, 0.1) is 19.9 Å². The number of carbonyl (C=O) groups excluding carboxylic acids is 3. The van der Waals surface area contributed by atoms with Gasteiger partial charge in [0.1, 0.15) is 17.1 Å². The second-order valence-corrected chi connectivity index (χ2v) is 5.85. The Balaban J connectivity index is 2.09. The van der Waals surface area contributed by atoms with Crippen molar-refractivity contribution in [1.29, 1.82) is 0 Å². The summed E-state index contributed by atoms with van der Waals surface area (Å²) in [5, 5.41) is 2.21. The van der Waals surface area contributed by atoms with E-state index in [1.165, 1.54) is 20.3 Å². The Labute approximate surface area is 156 Å². The van der Waals surface area contributed by atoms with E-state index in [1.807, 2.05) is 0 Å². The number of para-hydroxylation sites is 1. The van der Waals surface area contributed by atoms with Gasteiger partial charge in [0.15, 0.2) is 0 Å². The second kappa shape index (κ2) is 7.33. The van der Waals surface area contributed by atoms with Crippen molar-refractivity contribution in [2.24, 2.45) is 0 Å². The highest BCUT2D eigenvalue weighted by Gasteiger charge is 2.37. The van der Waals surface area contributed by atoms with Gasteiger partial charge in [-0.05, 0) is 42.8 Å². The zero-order valence-corrected chi connectivity index (χ0v) is 15.1. The second-order valence-electron chi connectivity index (χ2n) is 5.85. The summed E-state index contributed by atoms with van der Waals surface area (Å²) in [5.74, 6) is -0.468. The van der Waals surface area contributed by atoms with E-state index >= 15 is 0 Å². The molecule has 0 spiro atoms. The molecule has 0 unspecified atom stereocenters. The Hall–Kier alpha value is -3.61. The number of hydrogen-bond donors (Lipinski definition) is 1. The molecule has 3 rings (SSSR count). The first kappa shape index (κ1) is 18.2. The van der Waals surface area contributed by atoms with Crippen LogP contribution in [0.25, 0.3) is 6.08 Å². The van der Waals surface area contributed by atoms with Crippen LogP contribution < -0.4 is 19.7 Å². The van der Waals surface area contributed by atoms with Gasteiger partial charge in [-0.15, -0.1) is 0 Å². The lowest BCUT2D eigenvalue weighted by Crippen LogP contribution is -2.54. The Bertz CT molecular complexity index is 965. The summed E-state index contributed by atoms with van der Waals surface area (Å²) >= 11 is 0. The summed E-state index contributed by atoms with van der Waals surface area (Å²) in [6.07, 6.45) is 1.39. The van der Waals surface area contributed by atoms with Crippen molar-refractivity contribution in [2.75, 3.05) is 19.1 Å². The molecule has 1 heterocycles. The fraction of sp³-hybridized carbons (Fsp3) is 0.150. The first-order valence-electron chi connectivity index (χ1n) is 8.15. The quantitative estimate of drug-likeness (QED) is 0.664. The van der Waals surface area contributed by atoms with Crippen molar-refractivity contribution >= 4 is 29.6 Å². The van der Waals surface area contributed by atoms with Gasteiger partial charge in [-0.25, -0.2) is 9.69 Å². The van der Waals surface area contributed by atoms with Gasteiger partial charge in [-0.3, -0.25) is 14.9 Å². The number of aryl methyl sites for hydroxylation is 1. The summed E-state index contributed by atoms with van der Waals surface area (Å²) in [6.45, 7) is 1.78. The molecular weight excluding hydrogens is 348 g/mol. The number of hydrogen-bond acceptors (Lipinski definition) is 5. The Morgan fingerprint density at radius 2 is 1.74 bits per heavy atom. The summed E-state index contributed by atoms with van der Waals surface area (Å²) in [7, 11) is 2.99. The highest BCUT2D eigenvalue weighted by atomic mass is 16.5. The van der Waals surface area contributed by atoms with Gasteiger partial charge in [0.25, 0.3) is 11.8 Å². The zero-order chi connectivity index (χ0) is 19.6. The van der Waals surface area contributed by atoms with E-state index in [0.29, 0.717) is 22.7 Å². The number of nitrogens with one attached hydrogen (secondary N) is 1. The summed E-state index contributed by atoms with van der Waals surface area (Å²) < 4.78 is 10.5. The Morgan fingerprint density at radius 3 is 2.41 bits per heavy atom. The number of methoxy groups -OCH3 is 2. The number of amides is 4. The Kier molecular flexibility index (Phi) is 4.94. The SMILES string of the molecule is COc1ccc(OC)c(/C=C2/C(=O)NC(=O)N(c3ccccc3C)C2=O)c1. The van der Waals surface area contributed by atoms with Gasteiger partial charge < -0.3 is 9.47 Å². The third-order valence-electron chi connectivity index (χ3n) is 4.19. The molecule has 27 heavy (non-hydrogen) atoms. The number of rotatable bonds is 4. The fourth-order valence-corrected chi connectivity index (χ4v) is 2.80. The van der Waals surface area contributed by atoms with Crippen LogP contribution in [-0.2, 0) is 9.59 Å². The number of imide groups is 2. The number of urea groups is 1. The van der Waals surface area contributed by atoms with Gasteiger partial charge in [-0.2, -0.15) is 0 Å². The van der Waals surface area contributed by atoms with Crippen LogP contribution in [0, 0.1) is 6.92 Å². The molecule has 7 heteroatoms. The van der Waals surface area contributed by atoms with Gasteiger partial charge in [0, 0.05) is 5.56 Å². The fourth-order valence-electron chi connectivity index (χ4n) is 2.80. The minimum Gasteiger partial charge on any atom is -0.497 e. The lowest BCUT2D eigenvalue weighted by molar-refractivity contribution is -0.122.